The Balaban J connectivity index is 0.00000441. The van der Waals surface area contributed by atoms with Crippen molar-refractivity contribution in [1.82, 2.24) is 10.6 Å². The molecule has 0 aromatic heterocycles. The van der Waals surface area contributed by atoms with Crippen LogP contribution in [0.4, 0.5) is 0 Å². The van der Waals surface area contributed by atoms with Crippen LogP contribution >= 0.6 is 12.4 Å². The lowest BCUT2D eigenvalue weighted by Crippen LogP contribution is -2.41. The van der Waals surface area contributed by atoms with Gasteiger partial charge in [-0.15, -0.1) is 12.4 Å². The Labute approximate surface area is 135 Å². The molecule has 0 fully saturated rings. The zero-order valence-electron chi connectivity index (χ0n) is 12.2. The summed E-state index contributed by atoms with van der Waals surface area (Å²) in [6.07, 6.45) is 0.0110. The Morgan fingerprint density at radius 2 is 1.82 bits per heavy atom. The second-order valence-electron chi connectivity index (χ2n) is 4.29. The van der Waals surface area contributed by atoms with Crippen molar-refractivity contribution in [2.75, 3.05) is 20.2 Å². The lowest BCUT2D eigenvalue weighted by Gasteiger charge is -2.18. The van der Waals surface area contributed by atoms with Crippen LogP contribution in [0.2, 0.25) is 0 Å². The molecule has 122 valence electrons. The van der Waals surface area contributed by atoms with Gasteiger partial charge in [-0.1, -0.05) is 30.3 Å². The van der Waals surface area contributed by atoms with E-state index in [1.807, 2.05) is 18.2 Å². The van der Waals surface area contributed by atoms with E-state index in [2.05, 4.69) is 15.4 Å². The maximum Gasteiger partial charge on any atom is 0.307 e. The van der Waals surface area contributed by atoms with E-state index in [0.29, 0.717) is 0 Å². The molecule has 0 spiro atoms. The monoisotopic (exact) mass is 329 g/mol. The number of hydrogen-bond donors (Lipinski definition) is 3. The molecule has 22 heavy (non-hydrogen) atoms. The van der Waals surface area contributed by atoms with Crippen molar-refractivity contribution in [1.29, 1.82) is 0 Å². The Morgan fingerprint density at radius 1 is 1.18 bits per heavy atom. The molecule has 0 aliphatic carbocycles. The highest BCUT2D eigenvalue weighted by Crippen LogP contribution is 2.16. The number of nitrogens with one attached hydrogen (secondary N) is 2. The summed E-state index contributed by atoms with van der Waals surface area (Å²) in [6, 6.07) is 8.53. The molecule has 1 atom stereocenters. The molecule has 0 bridgehead atoms. The number of amides is 2. The van der Waals surface area contributed by atoms with Gasteiger partial charge in [-0.05, 0) is 5.56 Å². The molecule has 8 heteroatoms. The van der Waals surface area contributed by atoms with E-state index in [1.54, 1.807) is 12.1 Å². The van der Waals surface area contributed by atoms with Gasteiger partial charge in [0.25, 0.3) is 0 Å². The van der Waals surface area contributed by atoms with Crippen LogP contribution in [-0.2, 0) is 19.1 Å². The number of carbonyl (C=O) groups excluding carboxylic acids is 3. The number of methoxy groups -OCH3 is 1. The van der Waals surface area contributed by atoms with Gasteiger partial charge in [0.2, 0.25) is 11.8 Å². The molecule has 1 rings (SSSR count). The molecule has 0 aliphatic heterocycles. The fourth-order valence-electron chi connectivity index (χ4n) is 1.68. The molecule has 0 aliphatic rings. The van der Waals surface area contributed by atoms with E-state index in [4.69, 9.17) is 5.73 Å². The zero-order valence-corrected chi connectivity index (χ0v) is 13.0. The van der Waals surface area contributed by atoms with E-state index in [9.17, 15) is 14.4 Å². The Kier molecular flexibility index (Phi) is 9.56. The van der Waals surface area contributed by atoms with Gasteiger partial charge < -0.3 is 21.1 Å². The molecule has 7 nitrogen and oxygen atoms in total. The van der Waals surface area contributed by atoms with E-state index < -0.39 is 23.8 Å². The van der Waals surface area contributed by atoms with E-state index in [1.165, 1.54) is 7.11 Å². The number of rotatable bonds is 7. The average molecular weight is 330 g/mol. The first-order valence-corrected chi connectivity index (χ1v) is 6.44. The first-order chi connectivity index (χ1) is 10.1. The van der Waals surface area contributed by atoms with Crippen LogP contribution in [0, 0.1) is 0 Å². The van der Waals surface area contributed by atoms with E-state index in [0.717, 1.165) is 5.56 Å². The van der Waals surface area contributed by atoms with Crippen LogP contribution < -0.4 is 16.4 Å². The largest absolute Gasteiger partial charge is 0.469 e. The van der Waals surface area contributed by atoms with Gasteiger partial charge in [-0.2, -0.15) is 0 Å². The Morgan fingerprint density at radius 3 is 2.36 bits per heavy atom. The SMILES string of the molecule is COC(=O)CC(NC(=O)CNC(=O)CN)c1ccccc1.Cl. The quantitative estimate of drug-likeness (QED) is 0.605. The summed E-state index contributed by atoms with van der Waals surface area (Å²) in [5.74, 6) is -1.26. The summed E-state index contributed by atoms with van der Waals surface area (Å²) < 4.78 is 4.62. The minimum atomic E-state index is -0.513. The fraction of sp³-hybridized carbons (Fsp3) is 0.357. The first kappa shape index (κ1) is 19.9. The normalized spacial score (nSPS) is 10.8. The third-order valence-electron chi connectivity index (χ3n) is 2.77. The maximum atomic E-state index is 11.8. The topological polar surface area (TPSA) is 111 Å². The van der Waals surface area contributed by atoms with Crippen molar-refractivity contribution < 1.29 is 19.1 Å². The average Bonchev–Trinajstić information content (AvgIpc) is 2.52. The fourth-order valence-corrected chi connectivity index (χ4v) is 1.68. The number of halogens is 1. The second kappa shape index (κ2) is 10.6. The highest BCUT2D eigenvalue weighted by atomic mass is 35.5. The Hall–Kier alpha value is -2.12. The van der Waals surface area contributed by atoms with Crippen LogP contribution in [0.25, 0.3) is 0 Å². The molecule has 1 unspecified atom stereocenters. The lowest BCUT2D eigenvalue weighted by atomic mass is 10.0. The van der Waals surface area contributed by atoms with Crippen LogP contribution in [0.3, 0.4) is 0 Å². The zero-order chi connectivity index (χ0) is 15.7. The van der Waals surface area contributed by atoms with Gasteiger partial charge in [-0.25, -0.2) is 0 Å². The number of carbonyl (C=O) groups is 3. The molecule has 1 aromatic carbocycles. The van der Waals surface area contributed by atoms with Crippen molar-refractivity contribution in [3.8, 4) is 0 Å². The van der Waals surface area contributed by atoms with Crippen LogP contribution in [0.1, 0.15) is 18.0 Å². The van der Waals surface area contributed by atoms with Gasteiger partial charge in [0.15, 0.2) is 0 Å². The van der Waals surface area contributed by atoms with Gasteiger partial charge in [0.1, 0.15) is 0 Å². The number of hydrogen-bond acceptors (Lipinski definition) is 5. The van der Waals surface area contributed by atoms with E-state index >= 15 is 0 Å². The summed E-state index contributed by atoms with van der Waals surface area (Å²) in [7, 11) is 1.29. The van der Waals surface area contributed by atoms with Gasteiger partial charge in [0, 0.05) is 0 Å². The number of benzene rings is 1. The van der Waals surface area contributed by atoms with Gasteiger partial charge in [0.05, 0.1) is 32.7 Å². The predicted molar refractivity (Wildman–Crippen MR) is 83.3 cm³/mol. The van der Waals surface area contributed by atoms with Crippen molar-refractivity contribution in [2.45, 2.75) is 12.5 Å². The summed E-state index contributed by atoms with van der Waals surface area (Å²) in [5.41, 5.74) is 5.91. The molecular formula is C14H20ClN3O4. The summed E-state index contributed by atoms with van der Waals surface area (Å²) in [6.45, 7) is -0.377. The summed E-state index contributed by atoms with van der Waals surface area (Å²) in [4.78, 5) is 34.2. The van der Waals surface area contributed by atoms with Crippen molar-refractivity contribution in [3.05, 3.63) is 35.9 Å². The van der Waals surface area contributed by atoms with Crippen LogP contribution in [0.5, 0.6) is 0 Å². The molecular weight excluding hydrogens is 310 g/mol. The molecule has 0 saturated carbocycles. The smallest absolute Gasteiger partial charge is 0.307 e. The first-order valence-electron chi connectivity index (χ1n) is 6.44. The Bertz CT molecular complexity index is 496. The summed E-state index contributed by atoms with van der Waals surface area (Å²) >= 11 is 0. The molecule has 0 heterocycles. The third-order valence-corrected chi connectivity index (χ3v) is 2.77. The highest BCUT2D eigenvalue weighted by molar-refractivity contribution is 5.86. The van der Waals surface area contributed by atoms with Gasteiger partial charge >= 0.3 is 5.97 Å². The minimum absolute atomic E-state index is 0. The molecule has 2 amide bonds. The van der Waals surface area contributed by atoms with Crippen LogP contribution in [0.15, 0.2) is 30.3 Å². The van der Waals surface area contributed by atoms with E-state index in [-0.39, 0.29) is 31.9 Å². The second-order valence-corrected chi connectivity index (χ2v) is 4.29. The molecule has 0 radical (unpaired) electrons. The standard InChI is InChI=1S/C14H19N3O4.ClH/c1-21-14(20)7-11(10-5-3-2-4-6-10)17-13(19)9-16-12(18)8-15;/h2-6,11H,7-9,15H2,1H3,(H,16,18)(H,17,19);1H. The molecule has 0 saturated heterocycles. The van der Waals surface area contributed by atoms with Crippen LogP contribution in [-0.4, -0.2) is 38.0 Å². The number of ether oxygens (including phenoxy) is 1. The predicted octanol–water partition coefficient (Wildman–Crippen LogP) is -0.0963. The number of esters is 1. The van der Waals surface area contributed by atoms with Crippen molar-refractivity contribution >= 4 is 30.2 Å². The lowest BCUT2D eigenvalue weighted by molar-refractivity contribution is -0.141. The van der Waals surface area contributed by atoms with Crippen molar-refractivity contribution in [2.24, 2.45) is 5.73 Å². The molecule has 1 aromatic rings. The van der Waals surface area contributed by atoms with Crippen molar-refractivity contribution in [3.63, 3.8) is 0 Å². The summed E-state index contributed by atoms with van der Waals surface area (Å²) in [5, 5.41) is 5.05. The molecule has 4 N–H and O–H groups in total. The maximum absolute atomic E-state index is 11.8. The highest BCUT2D eigenvalue weighted by Gasteiger charge is 2.18. The number of nitrogens with two attached hydrogens (primary N) is 1. The third kappa shape index (κ3) is 7.05. The minimum Gasteiger partial charge on any atom is -0.469 e. The van der Waals surface area contributed by atoms with Gasteiger partial charge in [-0.3, -0.25) is 14.4 Å².